The van der Waals surface area contributed by atoms with E-state index in [9.17, 15) is 4.39 Å². The van der Waals surface area contributed by atoms with Crippen LogP contribution in [-0.2, 0) is 0 Å². The number of benzene rings is 1. The van der Waals surface area contributed by atoms with Crippen molar-refractivity contribution in [2.45, 2.75) is 19.9 Å². The Morgan fingerprint density at radius 2 is 2.23 bits per heavy atom. The van der Waals surface area contributed by atoms with Crippen LogP contribution >= 0.6 is 0 Å². The highest BCUT2D eigenvalue weighted by Gasteiger charge is 2.03. The fourth-order valence-electron chi connectivity index (χ4n) is 1.15. The smallest absolute Gasteiger partial charge is 0.123 e. The molecule has 70 valence electrons. The van der Waals surface area contributed by atoms with Gasteiger partial charge in [-0.15, -0.1) is 0 Å². The van der Waals surface area contributed by atoms with E-state index < -0.39 is 0 Å². The molecule has 0 aliphatic carbocycles. The Bertz CT molecular complexity index is 316. The summed E-state index contributed by atoms with van der Waals surface area (Å²) in [6.07, 6.45) is 0. The van der Waals surface area contributed by atoms with Gasteiger partial charge in [-0.05, 0) is 31.5 Å². The first-order valence-corrected chi connectivity index (χ1v) is 4.15. The minimum absolute atomic E-state index is 0.0827. The van der Waals surface area contributed by atoms with Crippen molar-refractivity contribution in [3.8, 4) is 0 Å². The van der Waals surface area contributed by atoms with Crippen LogP contribution in [0.1, 0.15) is 25.5 Å². The molecule has 1 rings (SSSR count). The van der Waals surface area contributed by atoms with Crippen molar-refractivity contribution in [2.75, 3.05) is 0 Å². The number of hydrogen-bond acceptors (Lipinski definition) is 1. The van der Waals surface area contributed by atoms with Crippen LogP contribution in [0.2, 0.25) is 0 Å². The summed E-state index contributed by atoms with van der Waals surface area (Å²) in [5.74, 6) is 0.269. The van der Waals surface area contributed by atoms with Crippen molar-refractivity contribution in [1.29, 1.82) is 0 Å². The second kappa shape index (κ2) is 4.03. The first-order valence-electron chi connectivity index (χ1n) is 4.15. The van der Waals surface area contributed by atoms with Gasteiger partial charge in [-0.25, -0.2) is 4.39 Å². The predicted molar refractivity (Wildman–Crippen MR) is 52.1 cm³/mol. The number of nitrogens with two attached hydrogens (primary N) is 1. The van der Waals surface area contributed by atoms with Crippen LogP contribution in [0.4, 0.5) is 4.39 Å². The number of aliphatic imine (C=N–C) groups is 1. The zero-order chi connectivity index (χ0) is 9.84. The number of halogens is 1. The summed E-state index contributed by atoms with van der Waals surface area (Å²) in [5.41, 5.74) is 6.26. The Kier molecular flexibility index (Phi) is 3.01. The van der Waals surface area contributed by atoms with Gasteiger partial charge in [-0.2, -0.15) is 0 Å². The average Bonchev–Trinajstić information content (AvgIpc) is 2.03. The molecule has 3 heteroatoms. The van der Waals surface area contributed by atoms with E-state index in [0.29, 0.717) is 5.84 Å². The fraction of sp³-hybridized carbons (Fsp3) is 0.300. The third-order valence-electron chi connectivity index (χ3n) is 1.73. The lowest BCUT2D eigenvalue weighted by atomic mass is 10.1. The quantitative estimate of drug-likeness (QED) is 0.550. The summed E-state index contributed by atoms with van der Waals surface area (Å²) in [4.78, 5) is 4.12. The van der Waals surface area contributed by atoms with Crippen molar-refractivity contribution in [1.82, 2.24) is 0 Å². The lowest BCUT2D eigenvalue weighted by molar-refractivity contribution is 0.622. The molecule has 0 aliphatic rings. The van der Waals surface area contributed by atoms with Gasteiger partial charge < -0.3 is 5.73 Å². The van der Waals surface area contributed by atoms with Crippen molar-refractivity contribution in [2.24, 2.45) is 10.7 Å². The van der Waals surface area contributed by atoms with E-state index >= 15 is 0 Å². The van der Waals surface area contributed by atoms with Gasteiger partial charge in [0.25, 0.3) is 0 Å². The number of nitrogens with zero attached hydrogens (tertiary/aromatic N) is 1. The Morgan fingerprint density at radius 1 is 1.54 bits per heavy atom. The standard InChI is InChI=1S/C10H13FN2/c1-7(13-8(2)12)9-4-3-5-10(11)6-9/h3-7H,1-2H3,(H2,12,13). The molecule has 2 N–H and O–H groups in total. The van der Waals surface area contributed by atoms with Crippen LogP contribution in [0.5, 0.6) is 0 Å². The topological polar surface area (TPSA) is 38.4 Å². The lowest BCUT2D eigenvalue weighted by Crippen LogP contribution is -2.07. The highest BCUT2D eigenvalue weighted by atomic mass is 19.1. The maximum absolute atomic E-state index is 12.8. The van der Waals surface area contributed by atoms with Crippen molar-refractivity contribution in [3.63, 3.8) is 0 Å². The first-order chi connectivity index (χ1) is 6.09. The molecular formula is C10H13FN2. The van der Waals surface area contributed by atoms with E-state index in [1.165, 1.54) is 12.1 Å². The molecule has 0 aromatic heterocycles. The number of amidine groups is 1. The molecule has 1 atom stereocenters. The summed E-state index contributed by atoms with van der Waals surface area (Å²) in [6, 6.07) is 6.30. The molecule has 0 saturated carbocycles. The van der Waals surface area contributed by atoms with Crippen LogP contribution in [0.25, 0.3) is 0 Å². The largest absolute Gasteiger partial charge is 0.388 e. The Balaban J connectivity index is 2.89. The molecular weight excluding hydrogens is 167 g/mol. The zero-order valence-electron chi connectivity index (χ0n) is 7.79. The fourth-order valence-corrected chi connectivity index (χ4v) is 1.15. The van der Waals surface area contributed by atoms with Gasteiger partial charge >= 0.3 is 0 Å². The van der Waals surface area contributed by atoms with E-state index in [1.54, 1.807) is 13.0 Å². The van der Waals surface area contributed by atoms with Crippen molar-refractivity contribution < 1.29 is 4.39 Å². The third-order valence-corrected chi connectivity index (χ3v) is 1.73. The van der Waals surface area contributed by atoms with Gasteiger partial charge in [0.1, 0.15) is 5.82 Å². The average molecular weight is 180 g/mol. The summed E-state index contributed by atoms with van der Waals surface area (Å²) in [6.45, 7) is 3.60. The molecule has 1 aromatic rings. The Morgan fingerprint density at radius 3 is 2.77 bits per heavy atom. The summed E-state index contributed by atoms with van der Waals surface area (Å²) < 4.78 is 12.8. The van der Waals surface area contributed by atoms with E-state index in [0.717, 1.165) is 5.56 Å². The molecule has 0 fully saturated rings. The Labute approximate surface area is 77.3 Å². The van der Waals surface area contributed by atoms with Crippen LogP contribution in [0.15, 0.2) is 29.3 Å². The van der Waals surface area contributed by atoms with Crippen molar-refractivity contribution >= 4 is 5.84 Å². The van der Waals surface area contributed by atoms with Crippen LogP contribution in [0, 0.1) is 5.82 Å². The molecule has 13 heavy (non-hydrogen) atoms. The molecule has 0 amide bonds. The van der Waals surface area contributed by atoms with Gasteiger partial charge in [0.2, 0.25) is 0 Å². The van der Waals surface area contributed by atoms with Gasteiger partial charge in [0, 0.05) is 0 Å². The normalized spacial score (nSPS) is 14.2. The maximum Gasteiger partial charge on any atom is 0.123 e. The van der Waals surface area contributed by atoms with Crippen molar-refractivity contribution in [3.05, 3.63) is 35.6 Å². The van der Waals surface area contributed by atoms with Crippen LogP contribution < -0.4 is 5.73 Å². The minimum Gasteiger partial charge on any atom is -0.388 e. The number of rotatable bonds is 2. The molecule has 0 spiro atoms. The maximum atomic E-state index is 12.8. The predicted octanol–water partition coefficient (Wildman–Crippen LogP) is 2.26. The van der Waals surface area contributed by atoms with Crippen LogP contribution in [-0.4, -0.2) is 5.84 Å². The lowest BCUT2D eigenvalue weighted by Gasteiger charge is -2.06. The number of hydrogen-bond donors (Lipinski definition) is 1. The SMILES string of the molecule is CC(N)=NC(C)c1cccc(F)c1. The van der Waals surface area contributed by atoms with E-state index in [1.807, 2.05) is 13.0 Å². The molecule has 0 saturated heterocycles. The van der Waals surface area contributed by atoms with Gasteiger partial charge in [0.15, 0.2) is 0 Å². The highest BCUT2D eigenvalue weighted by molar-refractivity contribution is 5.77. The molecule has 0 radical (unpaired) electrons. The Hall–Kier alpha value is -1.38. The molecule has 2 nitrogen and oxygen atoms in total. The van der Waals surface area contributed by atoms with E-state index in [-0.39, 0.29) is 11.9 Å². The van der Waals surface area contributed by atoms with E-state index in [2.05, 4.69) is 4.99 Å². The zero-order valence-corrected chi connectivity index (χ0v) is 7.79. The molecule has 1 aromatic carbocycles. The minimum atomic E-state index is -0.241. The van der Waals surface area contributed by atoms with Gasteiger partial charge in [-0.1, -0.05) is 12.1 Å². The van der Waals surface area contributed by atoms with Crippen LogP contribution in [0.3, 0.4) is 0 Å². The molecule has 0 heterocycles. The highest BCUT2D eigenvalue weighted by Crippen LogP contribution is 2.16. The first kappa shape index (κ1) is 9.71. The van der Waals surface area contributed by atoms with Gasteiger partial charge in [-0.3, -0.25) is 4.99 Å². The molecule has 1 unspecified atom stereocenters. The van der Waals surface area contributed by atoms with E-state index in [4.69, 9.17) is 5.73 Å². The summed E-state index contributed by atoms with van der Waals surface area (Å²) >= 11 is 0. The third kappa shape index (κ3) is 2.86. The monoisotopic (exact) mass is 180 g/mol. The molecule has 0 aliphatic heterocycles. The second-order valence-corrected chi connectivity index (χ2v) is 3.00. The van der Waals surface area contributed by atoms with Gasteiger partial charge in [0.05, 0.1) is 11.9 Å². The summed E-state index contributed by atoms with van der Waals surface area (Å²) in [7, 11) is 0. The second-order valence-electron chi connectivity index (χ2n) is 3.00. The molecule has 0 bridgehead atoms. The summed E-state index contributed by atoms with van der Waals surface area (Å²) in [5, 5.41) is 0.